The van der Waals surface area contributed by atoms with E-state index in [4.69, 9.17) is 4.74 Å². The zero-order chi connectivity index (χ0) is 19.3. The number of ether oxygens (including phenoxy) is 2. The third-order valence-electron chi connectivity index (χ3n) is 2.55. The Kier molecular flexibility index (Phi) is 6.50. The van der Waals surface area contributed by atoms with Gasteiger partial charge in [-0.25, -0.2) is 4.79 Å². The lowest BCUT2D eigenvalue weighted by Gasteiger charge is -2.08. The molecular weight excluding hydrogens is 371 g/mol. The lowest BCUT2D eigenvalue weighted by atomic mass is 10.1. The normalized spacial score (nSPS) is 12.4. The monoisotopic (exact) mass is 383 g/mol. The molecule has 0 aliphatic rings. The van der Waals surface area contributed by atoms with E-state index in [-0.39, 0.29) is 12.2 Å². The van der Waals surface area contributed by atoms with Crippen molar-refractivity contribution in [3.8, 4) is 5.75 Å². The Labute approximate surface area is 140 Å². The van der Waals surface area contributed by atoms with Gasteiger partial charge in [0.2, 0.25) is 11.5 Å². The molecule has 0 atom stereocenters. The molecule has 0 heterocycles. The Balaban J connectivity index is 3.21. The maximum atomic E-state index is 12.2. The fourth-order valence-corrected chi connectivity index (χ4v) is 1.64. The molecular formula is C13H12F3NO7S. The average molecular weight is 383 g/mol. The third kappa shape index (κ3) is 5.17. The zero-order valence-corrected chi connectivity index (χ0v) is 13.7. The van der Waals surface area contributed by atoms with Gasteiger partial charge in [0.25, 0.3) is 0 Å². The van der Waals surface area contributed by atoms with Crippen LogP contribution in [0.3, 0.4) is 0 Å². The number of methoxy groups -OCH3 is 1. The first-order valence-corrected chi connectivity index (χ1v) is 7.88. The summed E-state index contributed by atoms with van der Waals surface area (Å²) in [5.74, 6) is -2.28. The van der Waals surface area contributed by atoms with E-state index in [9.17, 15) is 31.2 Å². The molecule has 138 valence electrons. The summed E-state index contributed by atoms with van der Waals surface area (Å²) in [5.41, 5.74) is -7.22. The number of benzene rings is 1. The summed E-state index contributed by atoms with van der Waals surface area (Å²) in [6, 6.07) is 5.05. The minimum Gasteiger partial charge on any atom is -0.497 e. The Hall–Kier alpha value is -2.63. The van der Waals surface area contributed by atoms with E-state index in [1.54, 1.807) is 0 Å². The van der Waals surface area contributed by atoms with Gasteiger partial charge < -0.3 is 9.47 Å². The number of carbonyl (C=O) groups excluding carboxylic acids is 2. The van der Waals surface area contributed by atoms with Gasteiger partial charge in [-0.2, -0.15) is 21.6 Å². The van der Waals surface area contributed by atoms with Gasteiger partial charge in [0, 0.05) is 5.56 Å². The van der Waals surface area contributed by atoms with Crippen LogP contribution in [0.5, 0.6) is 5.75 Å². The number of nitrogens with zero attached hydrogens (tertiary/aromatic N) is 1. The highest BCUT2D eigenvalue weighted by Gasteiger charge is 2.49. The Morgan fingerprint density at radius 3 is 2.16 bits per heavy atom. The topological polar surface area (TPSA) is 108 Å². The average Bonchev–Trinajstić information content (AvgIpc) is 2.54. The molecule has 12 heteroatoms. The molecule has 0 N–H and O–H groups in total. The Bertz CT molecular complexity index is 770. The number of hydrogen-bond donors (Lipinski definition) is 0. The quantitative estimate of drug-likeness (QED) is 0.176. The highest BCUT2D eigenvalue weighted by atomic mass is 32.2. The van der Waals surface area contributed by atoms with Gasteiger partial charge in [0.05, 0.1) is 13.7 Å². The van der Waals surface area contributed by atoms with Crippen LogP contribution in [0.4, 0.5) is 13.2 Å². The molecule has 0 bridgehead atoms. The van der Waals surface area contributed by atoms with Crippen molar-refractivity contribution in [2.75, 3.05) is 13.7 Å². The number of hydrogen-bond acceptors (Lipinski definition) is 8. The van der Waals surface area contributed by atoms with Crippen molar-refractivity contribution in [2.24, 2.45) is 5.16 Å². The molecule has 0 aromatic heterocycles. The van der Waals surface area contributed by atoms with Crippen LogP contribution < -0.4 is 4.74 Å². The summed E-state index contributed by atoms with van der Waals surface area (Å²) in [7, 11) is -4.78. The Morgan fingerprint density at radius 1 is 1.16 bits per heavy atom. The molecule has 0 saturated carbocycles. The van der Waals surface area contributed by atoms with Gasteiger partial charge in [-0.05, 0) is 31.2 Å². The first-order chi connectivity index (χ1) is 11.5. The molecule has 1 aromatic carbocycles. The van der Waals surface area contributed by atoms with E-state index in [0.717, 1.165) is 0 Å². The van der Waals surface area contributed by atoms with Crippen molar-refractivity contribution in [1.82, 2.24) is 0 Å². The van der Waals surface area contributed by atoms with Crippen LogP contribution in [0.15, 0.2) is 29.4 Å². The number of alkyl halides is 3. The molecule has 0 unspecified atom stereocenters. The van der Waals surface area contributed by atoms with E-state index < -0.39 is 33.1 Å². The van der Waals surface area contributed by atoms with Gasteiger partial charge >= 0.3 is 21.6 Å². The molecule has 0 saturated heterocycles. The number of rotatable bonds is 7. The van der Waals surface area contributed by atoms with Crippen LogP contribution in [0, 0.1) is 0 Å². The van der Waals surface area contributed by atoms with Crippen LogP contribution in [0.25, 0.3) is 0 Å². The SMILES string of the molecule is CCOC(=O)/C(=N\OS(=O)(=O)C(F)(F)F)C(=O)c1ccc(OC)cc1. The second-order valence-corrected chi connectivity index (χ2v) is 5.71. The molecule has 0 spiro atoms. The molecule has 25 heavy (non-hydrogen) atoms. The summed E-state index contributed by atoms with van der Waals surface area (Å²) < 4.78 is 71.2. The number of halogens is 3. The summed E-state index contributed by atoms with van der Waals surface area (Å²) >= 11 is 0. The maximum absolute atomic E-state index is 12.2. The molecule has 1 rings (SSSR count). The van der Waals surface area contributed by atoms with E-state index in [1.165, 1.54) is 38.3 Å². The van der Waals surface area contributed by atoms with E-state index in [0.29, 0.717) is 5.75 Å². The minimum absolute atomic E-state index is 0.180. The van der Waals surface area contributed by atoms with Crippen molar-refractivity contribution in [3.63, 3.8) is 0 Å². The fourth-order valence-electron chi connectivity index (χ4n) is 1.38. The predicted molar refractivity (Wildman–Crippen MR) is 77.5 cm³/mol. The number of Topliss-reactive ketones (excluding diaryl/α,β-unsaturated/α-hetero) is 1. The smallest absolute Gasteiger partial charge is 0.497 e. The summed E-state index contributed by atoms with van der Waals surface area (Å²) in [4.78, 5) is 23.9. The number of esters is 1. The van der Waals surface area contributed by atoms with Gasteiger partial charge in [-0.3, -0.25) is 9.08 Å². The standard InChI is InChI=1S/C13H12F3NO7S/c1-3-23-12(19)10(17-24-25(20,21)13(14,15)16)11(18)8-4-6-9(22-2)7-5-8/h4-7H,3H2,1-2H3/b17-10-. The van der Waals surface area contributed by atoms with Crippen molar-refractivity contribution < 1.29 is 44.9 Å². The molecule has 0 aliphatic heterocycles. The van der Waals surface area contributed by atoms with Gasteiger partial charge in [-0.1, -0.05) is 5.16 Å². The molecule has 1 aromatic rings. The van der Waals surface area contributed by atoms with Crippen LogP contribution >= 0.6 is 0 Å². The first-order valence-electron chi connectivity index (χ1n) is 6.47. The van der Waals surface area contributed by atoms with E-state index >= 15 is 0 Å². The van der Waals surface area contributed by atoms with Crippen LogP contribution in [-0.4, -0.2) is 45.1 Å². The van der Waals surface area contributed by atoms with Gasteiger partial charge in [0.15, 0.2) is 0 Å². The van der Waals surface area contributed by atoms with Crippen LogP contribution in [0.2, 0.25) is 0 Å². The first kappa shape index (κ1) is 20.4. The van der Waals surface area contributed by atoms with Gasteiger partial charge in [-0.15, -0.1) is 0 Å². The largest absolute Gasteiger partial charge is 0.536 e. The molecule has 8 nitrogen and oxygen atoms in total. The summed E-state index contributed by atoms with van der Waals surface area (Å²) in [6.07, 6.45) is 0. The van der Waals surface area contributed by atoms with Crippen LogP contribution in [0.1, 0.15) is 17.3 Å². The van der Waals surface area contributed by atoms with Crippen LogP contribution in [-0.2, 0) is 23.9 Å². The van der Waals surface area contributed by atoms with E-state index in [1.807, 2.05) is 0 Å². The predicted octanol–water partition coefficient (Wildman–Crippen LogP) is 1.66. The molecule has 0 radical (unpaired) electrons. The lowest BCUT2D eigenvalue weighted by molar-refractivity contribution is -0.135. The second-order valence-electron chi connectivity index (χ2n) is 4.19. The molecule has 0 aliphatic carbocycles. The summed E-state index contributed by atoms with van der Waals surface area (Å²) in [6.45, 7) is 1.13. The number of carbonyl (C=O) groups is 2. The Morgan fingerprint density at radius 2 is 1.72 bits per heavy atom. The third-order valence-corrected chi connectivity index (χ3v) is 3.38. The maximum Gasteiger partial charge on any atom is 0.536 e. The molecule has 0 amide bonds. The van der Waals surface area contributed by atoms with Crippen molar-refractivity contribution in [3.05, 3.63) is 29.8 Å². The van der Waals surface area contributed by atoms with Crippen molar-refractivity contribution in [1.29, 1.82) is 0 Å². The van der Waals surface area contributed by atoms with E-state index in [2.05, 4.69) is 14.2 Å². The highest BCUT2D eigenvalue weighted by Crippen LogP contribution is 2.25. The second kappa shape index (κ2) is 7.96. The fraction of sp³-hybridized carbons (Fsp3) is 0.308. The lowest BCUT2D eigenvalue weighted by Crippen LogP contribution is -2.29. The zero-order valence-electron chi connectivity index (χ0n) is 12.9. The highest BCUT2D eigenvalue weighted by molar-refractivity contribution is 7.87. The number of ketones is 1. The number of oxime groups is 1. The molecule has 0 fully saturated rings. The van der Waals surface area contributed by atoms with Gasteiger partial charge in [0.1, 0.15) is 5.75 Å². The van der Waals surface area contributed by atoms with Crippen molar-refractivity contribution >= 4 is 27.6 Å². The summed E-state index contributed by atoms with van der Waals surface area (Å²) in [5, 5.41) is 2.55. The minimum atomic E-state index is -6.14. The van der Waals surface area contributed by atoms with Crippen molar-refractivity contribution in [2.45, 2.75) is 12.4 Å².